The van der Waals surface area contributed by atoms with E-state index in [4.69, 9.17) is 4.74 Å². The van der Waals surface area contributed by atoms with Gasteiger partial charge in [0, 0.05) is 50.4 Å². The van der Waals surface area contributed by atoms with Crippen LogP contribution in [0, 0.1) is 11.6 Å². The fraction of sp³-hybridized carbons (Fsp3) is 0.357. The average molecular weight is 451 g/mol. The molecule has 174 valence electrons. The van der Waals surface area contributed by atoms with Crippen molar-refractivity contribution in [2.24, 2.45) is 0 Å². The molecule has 0 spiro atoms. The van der Waals surface area contributed by atoms with Crippen LogP contribution in [0.2, 0.25) is 0 Å². The zero-order valence-corrected chi connectivity index (χ0v) is 19.4. The molecule has 1 heterocycles. The van der Waals surface area contributed by atoms with Gasteiger partial charge in [-0.3, -0.25) is 4.90 Å². The minimum absolute atomic E-state index is 0.213. The van der Waals surface area contributed by atoms with E-state index in [0.717, 1.165) is 44.2 Å². The Labute approximate surface area is 195 Å². The Hall–Kier alpha value is -2.92. The standard InChI is InChI=1S/C28H32F2N2O/c1-21(2)22-7-13-25(14-8-22)33-28(26-5-3-4-6-27(26)30)15-16-31-17-19-32(20-18-31)24-11-9-23(29)10-12-24/h3-14,21,28H,15-20H2,1-2H3/t28-/m0/s1. The van der Waals surface area contributed by atoms with Gasteiger partial charge in [0.25, 0.3) is 0 Å². The second kappa shape index (κ2) is 10.8. The third-order valence-electron chi connectivity index (χ3n) is 6.35. The van der Waals surface area contributed by atoms with Crippen molar-refractivity contribution in [3.63, 3.8) is 0 Å². The second-order valence-corrected chi connectivity index (χ2v) is 8.95. The fourth-order valence-corrected chi connectivity index (χ4v) is 4.29. The van der Waals surface area contributed by atoms with Crippen LogP contribution in [0.4, 0.5) is 14.5 Å². The average Bonchev–Trinajstić information content (AvgIpc) is 2.83. The van der Waals surface area contributed by atoms with Crippen molar-refractivity contribution < 1.29 is 13.5 Å². The van der Waals surface area contributed by atoms with Gasteiger partial charge < -0.3 is 9.64 Å². The molecule has 0 aromatic heterocycles. The molecule has 3 nitrogen and oxygen atoms in total. The van der Waals surface area contributed by atoms with Crippen LogP contribution in [0.25, 0.3) is 0 Å². The maximum Gasteiger partial charge on any atom is 0.130 e. The number of piperazine rings is 1. The predicted octanol–water partition coefficient (Wildman–Crippen LogP) is 6.42. The third kappa shape index (κ3) is 6.11. The molecule has 1 atom stereocenters. The minimum atomic E-state index is -0.355. The van der Waals surface area contributed by atoms with E-state index in [1.54, 1.807) is 6.07 Å². The maximum atomic E-state index is 14.6. The van der Waals surface area contributed by atoms with E-state index in [-0.39, 0.29) is 17.7 Å². The SMILES string of the molecule is CC(C)c1ccc(O[C@@H](CCN2CCN(c3ccc(F)cc3)CC2)c2ccccc2F)cc1. The highest BCUT2D eigenvalue weighted by Gasteiger charge is 2.22. The molecule has 0 N–H and O–H groups in total. The van der Waals surface area contributed by atoms with Gasteiger partial charge in [-0.15, -0.1) is 0 Å². The molecule has 3 aromatic carbocycles. The number of nitrogens with zero attached hydrogens (tertiary/aromatic N) is 2. The molecule has 0 bridgehead atoms. The Morgan fingerprint density at radius 2 is 1.48 bits per heavy atom. The number of hydrogen-bond donors (Lipinski definition) is 0. The lowest BCUT2D eigenvalue weighted by Gasteiger charge is -2.36. The molecule has 3 aromatic rings. The van der Waals surface area contributed by atoms with Crippen LogP contribution in [-0.4, -0.2) is 37.6 Å². The molecule has 0 saturated carbocycles. The molecule has 0 unspecified atom stereocenters. The third-order valence-corrected chi connectivity index (χ3v) is 6.35. The zero-order valence-electron chi connectivity index (χ0n) is 19.4. The van der Waals surface area contributed by atoms with E-state index in [1.807, 2.05) is 36.4 Å². The Morgan fingerprint density at radius 3 is 2.12 bits per heavy atom. The van der Waals surface area contributed by atoms with E-state index < -0.39 is 0 Å². The van der Waals surface area contributed by atoms with Gasteiger partial charge in [0.05, 0.1) is 0 Å². The van der Waals surface area contributed by atoms with Crippen molar-refractivity contribution in [3.05, 3.63) is 95.6 Å². The van der Waals surface area contributed by atoms with Crippen molar-refractivity contribution in [1.82, 2.24) is 4.90 Å². The summed E-state index contributed by atoms with van der Waals surface area (Å²) in [6.07, 6.45) is 0.342. The lowest BCUT2D eigenvalue weighted by atomic mass is 10.0. The Morgan fingerprint density at radius 1 is 0.818 bits per heavy atom. The van der Waals surface area contributed by atoms with Crippen molar-refractivity contribution in [3.8, 4) is 5.75 Å². The summed E-state index contributed by atoms with van der Waals surface area (Å²) in [7, 11) is 0. The van der Waals surface area contributed by atoms with Crippen LogP contribution >= 0.6 is 0 Å². The highest BCUT2D eigenvalue weighted by Crippen LogP contribution is 2.29. The quantitative estimate of drug-likeness (QED) is 0.394. The molecule has 1 saturated heterocycles. The number of halogens is 2. The monoisotopic (exact) mass is 450 g/mol. The molecule has 4 rings (SSSR count). The summed E-state index contributed by atoms with van der Waals surface area (Å²) >= 11 is 0. The fourth-order valence-electron chi connectivity index (χ4n) is 4.29. The number of benzene rings is 3. The first-order chi connectivity index (χ1) is 16.0. The highest BCUT2D eigenvalue weighted by atomic mass is 19.1. The van der Waals surface area contributed by atoms with Crippen LogP contribution in [0.1, 0.15) is 43.4 Å². The lowest BCUT2D eigenvalue weighted by molar-refractivity contribution is 0.157. The van der Waals surface area contributed by atoms with Gasteiger partial charge in [0.1, 0.15) is 23.5 Å². The second-order valence-electron chi connectivity index (χ2n) is 8.95. The lowest BCUT2D eigenvalue weighted by Crippen LogP contribution is -2.46. The van der Waals surface area contributed by atoms with Gasteiger partial charge >= 0.3 is 0 Å². The molecule has 1 aliphatic rings. The summed E-state index contributed by atoms with van der Waals surface area (Å²) in [6, 6.07) is 21.7. The zero-order chi connectivity index (χ0) is 23.2. The Kier molecular flexibility index (Phi) is 7.61. The predicted molar refractivity (Wildman–Crippen MR) is 130 cm³/mol. The van der Waals surface area contributed by atoms with E-state index in [0.29, 0.717) is 17.9 Å². The highest BCUT2D eigenvalue weighted by molar-refractivity contribution is 5.46. The molecular formula is C28H32F2N2O. The van der Waals surface area contributed by atoms with Crippen molar-refractivity contribution in [2.75, 3.05) is 37.6 Å². The smallest absolute Gasteiger partial charge is 0.130 e. The topological polar surface area (TPSA) is 15.7 Å². The Balaban J connectivity index is 1.38. The summed E-state index contributed by atoms with van der Waals surface area (Å²) < 4.78 is 34.1. The molecule has 1 aliphatic heterocycles. The van der Waals surface area contributed by atoms with Gasteiger partial charge in [-0.05, 0) is 53.9 Å². The van der Waals surface area contributed by atoms with Crippen LogP contribution in [0.15, 0.2) is 72.8 Å². The van der Waals surface area contributed by atoms with Crippen LogP contribution in [0.5, 0.6) is 5.75 Å². The first-order valence-electron chi connectivity index (χ1n) is 11.7. The van der Waals surface area contributed by atoms with Gasteiger partial charge in [-0.1, -0.05) is 44.2 Å². The van der Waals surface area contributed by atoms with Gasteiger partial charge in [-0.25, -0.2) is 8.78 Å². The molecule has 0 aliphatic carbocycles. The van der Waals surface area contributed by atoms with Crippen LogP contribution in [0.3, 0.4) is 0 Å². The number of anilines is 1. The van der Waals surface area contributed by atoms with Gasteiger partial charge in [0.15, 0.2) is 0 Å². The largest absolute Gasteiger partial charge is 0.486 e. The first-order valence-corrected chi connectivity index (χ1v) is 11.7. The van der Waals surface area contributed by atoms with Crippen molar-refractivity contribution >= 4 is 5.69 Å². The molecule has 0 amide bonds. The summed E-state index contributed by atoms with van der Waals surface area (Å²) in [5, 5.41) is 0. The summed E-state index contributed by atoms with van der Waals surface area (Å²) in [6.45, 7) is 8.72. The number of hydrogen-bond acceptors (Lipinski definition) is 3. The normalized spacial score (nSPS) is 15.6. The van der Waals surface area contributed by atoms with Gasteiger partial charge in [0.2, 0.25) is 0 Å². The van der Waals surface area contributed by atoms with E-state index in [1.165, 1.54) is 23.8 Å². The molecule has 33 heavy (non-hydrogen) atoms. The van der Waals surface area contributed by atoms with Crippen molar-refractivity contribution in [2.45, 2.75) is 32.3 Å². The Bertz CT molecular complexity index is 1010. The van der Waals surface area contributed by atoms with E-state index >= 15 is 0 Å². The van der Waals surface area contributed by atoms with Crippen LogP contribution < -0.4 is 9.64 Å². The summed E-state index contributed by atoms with van der Waals surface area (Å²) in [5.74, 6) is 0.765. The maximum absolute atomic E-state index is 14.6. The molecule has 1 fully saturated rings. The molecule has 5 heteroatoms. The number of ether oxygens (including phenoxy) is 1. The van der Waals surface area contributed by atoms with E-state index in [2.05, 4.69) is 35.8 Å². The minimum Gasteiger partial charge on any atom is -0.486 e. The summed E-state index contributed by atoms with van der Waals surface area (Å²) in [4.78, 5) is 4.66. The van der Waals surface area contributed by atoms with Crippen LogP contribution in [-0.2, 0) is 0 Å². The number of rotatable bonds is 8. The van der Waals surface area contributed by atoms with Gasteiger partial charge in [-0.2, -0.15) is 0 Å². The molecular weight excluding hydrogens is 418 g/mol. The molecule has 0 radical (unpaired) electrons. The first kappa shape index (κ1) is 23.2. The van der Waals surface area contributed by atoms with Crippen molar-refractivity contribution in [1.29, 1.82) is 0 Å². The van der Waals surface area contributed by atoms with E-state index in [9.17, 15) is 8.78 Å². The summed E-state index contributed by atoms with van der Waals surface area (Å²) in [5.41, 5.74) is 2.90.